The Kier molecular flexibility index (Phi) is 3.73. The van der Waals surface area contributed by atoms with Gasteiger partial charge in [-0.05, 0) is 53.3 Å². The SMILES string of the molecule is Cc1cc(-c2ccc(I)c(Cl)c2)c(C#N)c(=O)[nH]1. The monoisotopic (exact) mass is 370 g/mol. The predicted molar refractivity (Wildman–Crippen MR) is 79.7 cm³/mol. The van der Waals surface area contributed by atoms with Crippen molar-refractivity contribution in [2.24, 2.45) is 0 Å². The van der Waals surface area contributed by atoms with Crippen LogP contribution in [0.25, 0.3) is 11.1 Å². The van der Waals surface area contributed by atoms with Crippen molar-refractivity contribution >= 4 is 34.2 Å². The molecule has 0 saturated heterocycles. The van der Waals surface area contributed by atoms with Gasteiger partial charge in [0, 0.05) is 14.8 Å². The van der Waals surface area contributed by atoms with Gasteiger partial charge in [-0.25, -0.2) is 0 Å². The van der Waals surface area contributed by atoms with E-state index < -0.39 is 0 Å². The quantitative estimate of drug-likeness (QED) is 0.781. The van der Waals surface area contributed by atoms with Crippen molar-refractivity contribution in [3.8, 4) is 17.2 Å². The fourth-order valence-corrected chi connectivity index (χ4v) is 2.21. The lowest BCUT2D eigenvalue weighted by Crippen LogP contribution is -2.12. The first-order chi connectivity index (χ1) is 8.52. The van der Waals surface area contributed by atoms with E-state index in [1.165, 1.54) is 0 Å². The van der Waals surface area contributed by atoms with E-state index in [0.29, 0.717) is 16.3 Å². The zero-order chi connectivity index (χ0) is 13.3. The second-order valence-corrected chi connectivity index (χ2v) is 5.38. The fraction of sp³-hybridized carbons (Fsp3) is 0.0769. The van der Waals surface area contributed by atoms with Crippen LogP contribution in [0.15, 0.2) is 29.1 Å². The van der Waals surface area contributed by atoms with Crippen molar-refractivity contribution in [2.45, 2.75) is 6.92 Å². The number of benzene rings is 1. The minimum Gasteiger partial charge on any atom is -0.325 e. The van der Waals surface area contributed by atoms with Crippen LogP contribution < -0.4 is 5.56 Å². The van der Waals surface area contributed by atoms with Gasteiger partial charge in [0.25, 0.3) is 5.56 Å². The summed E-state index contributed by atoms with van der Waals surface area (Å²) in [5, 5.41) is 9.68. The Morgan fingerprint density at radius 3 is 2.72 bits per heavy atom. The highest BCUT2D eigenvalue weighted by Crippen LogP contribution is 2.27. The Morgan fingerprint density at radius 1 is 1.39 bits per heavy atom. The van der Waals surface area contributed by atoms with Gasteiger partial charge in [0.15, 0.2) is 0 Å². The van der Waals surface area contributed by atoms with Gasteiger partial charge in [-0.1, -0.05) is 17.7 Å². The zero-order valence-corrected chi connectivity index (χ0v) is 12.3. The van der Waals surface area contributed by atoms with E-state index in [9.17, 15) is 4.79 Å². The maximum Gasteiger partial charge on any atom is 0.266 e. The lowest BCUT2D eigenvalue weighted by atomic mass is 10.0. The van der Waals surface area contributed by atoms with Crippen LogP contribution in [-0.4, -0.2) is 4.98 Å². The molecule has 90 valence electrons. The molecule has 0 aliphatic carbocycles. The number of nitrogens with zero attached hydrogens (tertiary/aromatic N) is 1. The summed E-state index contributed by atoms with van der Waals surface area (Å²) in [5.74, 6) is 0. The number of H-pyrrole nitrogens is 1. The zero-order valence-electron chi connectivity index (χ0n) is 9.42. The van der Waals surface area contributed by atoms with Crippen LogP contribution in [0.4, 0.5) is 0 Å². The first kappa shape index (κ1) is 13.1. The molecule has 1 heterocycles. The van der Waals surface area contributed by atoms with Crippen LogP contribution in [0.1, 0.15) is 11.3 Å². The van der Waals surface area contributed by atoms with Crippen molar-refractivity contribution in [3.05, 3.63) is 54.5 Å². The Balaban J connectivity index is 2.75. The molecule has 3 nitrogen and oxygen atoms in total. The Hall–Kier alpha value is -1.32. The molecular formula is C13H8ClIN2O. The van der Waals surface area contributed by atoms with Gasteiger partial charge in [-0.15, -0.1) is 0 Å². The van der Waals surface area contributed by atoms with Gasteiger partial charge in [0.2, 0.25) is 0 Å². The standard InChI is InChI=1S/C13H8ClIN2O/c1-7-4-9(10(6-16)13(18)17-7)8-2-3-12(15)11(14)5-8/h2-5H,1H3,(H,17,18). The molecule has 0 amide bonds. The minimum absolute atomic E-state index is 0.109. The molecule has 1 aromatic carbocycles. The average molecular weight is 371 g/mol. The van der Waals surface area contributed by atoms with E-state index >= 15 is 0 Å². The summed E-state index contributed by atoms with van der Waals surface area (Å²) in [6.07, 6.45) is 0. The van der Waals surface area contributed by atoms with Crippen LogP contribution in [0, 0.1) is 21.8 Å². The van der Waals surface area contributed by atoms with Gasteiger partial charge in [0.05, 0.1) is 5.02 Å². The van der Waals surface area contributed by atoms with Crippen molar-refractivity contribution < 1.29 is 0 Å². The molecule has 0 bridgehead atoms. The molecule has 0 aliphatic heterocycles. The normalized spacial score (nSPS) is 10.1. The number of nitriles is 1. The molecule has 0 fully saturated rings. The number of aromatic nitrogens is 1. The highest BCUT2D eigenvalue weighted by molar-refractivity contribution is 14.1. The van der Waals surface area contributed by atoms with E-state index in [1.54, 1.807) is 19.1 Å². The number of hydrogen-bond acceptors (Lipinski definition) is 2. The van der Waals surface area contributed by atoms with Gasteiger partial charge >= 0.3 is 0 Å². The molecule has 0 unspecified atom stereocenters. The molecule has 0 saturated carbocycles. The van der Waals surface area contributed by atoms with Gasteiger partial charge in [0.1, 0.15) is 11.6 Å². The summed E-state index contributed by atoms with van der Waals surface area (Å²) in [6, 6.07) is 9.18. The summed E-state index contributed by atoms with van der Waals surface area (Å²) in [4.78, 5) is 14.3. The Labute approximate surface area is 123 Å². The van der Waals surface area contributed by atoms with E-state index in [0.717, 1.165) is 9.13 Å². The number of pyridine rings is 1. The molecule has 1 aromatic heterocycles. The molecular weight excluding hydrogens is 363 g/mol. The summed E-state index contributed by atoms with van der Waals surface area (Å²) < 4.78 is 0.929. The number of nitrogens with one attached hydrogen (secondary N) is 1. The number of rotatable bonds is 1. The Bertz CT molecular complexity index is 716. The molecule has 18 heavy (non-hydrogen) atoms. The minimum atomic E-state index is -0.373. The highest BCUT2D eigenvalue weighted by Gasteiger charge is 2.11. The second kappa shape index (κ2) is 5.12. The molecule has 0 atom stereocenters. The summed E-state index contributed by atoms with van der Waals surface area (Å²) in [5.41, 5.74) is 1.83. The molecule has 2 rings (SSSR count). The summed E-state index contributed by atoms with van der Waals surface area (Å²) >= 11 is 8.19. The molecule has 2 aromatic rings. The third kappa shape index (κ3) is 2.42. The van der Waals surface area contributed by atoms with Gasteiger partial charge in [-0.3, -0.25) is 4.79 Å². The first-order valence-corrected chi connectivity index (χ1v) is 6.58. The third-order valence-corrected chi connectivity index (χ3v) is 4.08. The van der Waals surface area contributed by atoms with E-state index in [2.05, 4.69) is 27.6 Å². The van der Waals surface area contributed by atoms with Gasteiger partial charge < -0.3 is 4.98 Å². The van der Waals surface area contributed by atoms with Crippen LogP contribution in [0.5, 0.6) is 0 Å². The summed E-state index contributed by atoms with van der Waals surface area (Å²) in [7, 11) is 0. The van der Waals surface area contributed by atoms with Crippen LogP contribution >= 0.6 is 34.2 Å². The number of aryl methyl sites for hydroxylation is 1. The van der Waals surface area contributed by atoms with Gasteiger partial charge in [-0.2, -0.15) is 5.26 Å². The number of aromatic amines is 1. The molecule has 0 aliphatic rings. The molecule has 0 spiro atoms. The topological polar surface area (TPSA) is 56.6 Å². The number of hydrogen-bond donors (Lipinski definition) is 1. The first-order valence-electron chi connectivity index (χ1n) is 5.12. The maximum atomic E-state index is 11.7. The lowest BCUT2D eigenvalue weighted by molar-refractivity contribution is 1.13. The molecule has 1 N–H and O–H groups in total. The van der Waals surface area contributed by atoms with Crippen LogP contribution in [-0.2, 0) is 0 Å². The van der Waals surface area contributed by atoms with E-state index in [-0.39, 0.29) is 11.1 Å². The van der Waals surface area contributed by atoms with Crippen molar-refractivity contribution in [1.29, 1.82) is 5.26 Å². The molecule has 0 radical (unpaired) electrons. The van der Waals surface area contributed by atoms with Crippen LogP contribution in [0.3, 0.4) is 0 Å². The Morgan fingerprint density at radius 2 is 2.11 bits per heavy atom. The van der Waals surface area contributed by atoms with Crippen molar-refractivity contribution in [3.63, 3.8) is 0 Å². The predicted octanol–water partition coefficient (Wildman–Crippen LogP) is 3.48. The molecule has 5 heteroatoms. The third-order valence-electron chi connectivity index (χ3n) is 2.51. The van der Waals surface area contributed by atoms with Crippen molar-refractivity contribution in [1.82, 2.24) is 4.98 Å². The fourth-order valence-electron chi connectivity index (χ4n) is 1.69. The van der Waals surface area contributed by atoms with E-state index in [4.69, 9.17) is 16.9 Å². The largest absolute Gasteiger partial charge is 0.325 e. The second-order valence-electron chi connectivity index (χ2n) is 3.81. The average Bonchev–Trinajstić information content (AvgIpc) is 2.32. The highest BCUT2D eigenvalue weighted by atomic mass is 127. The van der Waals surface area contributed by atoms with Crippen molar-refractivity contribution in [2.75, 3.05) is 0 Å². The maximum absolute atomic E-state index is 11.7. The number of halogens is 2. The van der Waals surface area contributed by atoms with Crippen LogP contribution in [0.2, 0.25) is 5.02 Å². The smallest absolute Gasteiger partial charge is 0.266 e. The lowest BCUT2D eigenvalue weighted by Gasteiger charge is -2.06. The van der Waals surface area contributed by atoms with E-state index in [1.807, 2.05) is 18.2 Å². The summed E-state index contributed by atoms with van der Waals surface area (Å²) in [6.45, 7) is 1.78.